The lowest BCUT2D eigenvalue weighted by Crippen LogP contribution is -2.35. The van der Waals surface area contributed by atoms with Crippen molar-refractivity contribution in [3.8, 4) is 5.69 Å². The van der Waals surface area contributed by atoms with Crippen molar-refractivity contribution < 1.29 is 0 Å². The molecule has 0 spiro atoms. The van der Waals surface area contributed by atoms with E-state index in [0.717, 1.165) is 40.0 Å². The van der Waals surface area contributed by atoms with Crippen molar-refractivity contribution >= 4 is 50.6 Å². The number of benzene rings is 5. The summed E-state index contributed by atoms with van der Waals surface area (Å²) >= 11 is 0. The number of fused-ring (bicyclic) bond motifs is 11. The third-order valence-electron chi connectivity index (χ3n) is 8.12. The van der Waals surface area contributed by atoms with Crippen LogP contribution < -0.4 is 9.80 Å². The molecule has 7 aromatic rings. The molecule has 9 rings (SSSR count). The Bertz CT molecular complexity index is 2020. The summed E-state index contributed by atoms with van der Waals surface area (Å²) in [6.07, 6.45) is 1.15. The van der Waals surface area contributed by atoms with Crippen molar-refractivity contribution in [1.29, 1.82) is 0 Å². The summed E-state index contributed by atoms with van der Waals surface area (Å²) < 4.78 is 4.60. The van der Waals surface area contributed by atoms with Gasteiger partial charge in [-0.05, 0) is 60.2 Å². The topological polar surface area (TPSA) is 28.7 Å². The fraction of sp³-hybridized carbons (Fsp3) is 0.0606. The fourth-order valence-electron chi connectivity index (χ4n) is 6.61. The highest BCUT2D eigenvalue weighted by Crippen LogP contribution is 2.55. The van der Waals surface area contributed by atoms with Crippen molar-refractivity contribution in [2.75, 3.05) is 9.80 Å². The van der Waals surface area contributed by atoms with Gasteiger partial charge in [-0.1, -0.05) is 66.7 Å². The first-order valence-corrected chi connectivity index (χ1v) is 13.1. The van der Waals surface area contributed by atoms with Gasteiger partial charge in [-0.25, -0.2) is 4.98 Å². The third-order valence-corrected chi connectivity index (χ3v) is 8.12. The Balaban J connectivity index is 1.40. The number of para-hydroxylation sites is 5. The molecule has 0 radical (unpaired) electrons. The van der Waals surface area contributed by atoms with E-state index < -0.39 is 0 Å². The number of hydrogen-bond acceptors (Lipinski definition) is 3. The third kappa shape index (κ3) is 2.48. The van der Waals surface area contributed by atoms with E-state index in [0.29, 0.717) is 0 Å². The maximum absolute atomic E-state index is 5.42. The van der Waals surface area contributed by atoms with Crippen LogP contribution in [0.3, 0.4) is 0 Å². The molecule has 180 valence electrons. The SMILES string of the molecule is c1ccc(N2c3c(ccc4c3nc3n(-c5ccccc5)c5ccccc5n43)N3c4ccccc4CC32)cc1. The maximum Gasteiger partial charge on any atom is 0.220 e. The molecule has 5 heteroatoms. The first-order valence-electron chi connectivity index (χ1n) is 13.1. The Kier molecular flexibility index (Phi) is 3.84. The van der Waals surface area contributed by atoms with Crippen LogP contribution in [0.1, 0.15) is 5.56 Å². The van der Waals surface area contributed by atoms with Gasteiger partial charge in [0.1, 0.15) is 11.7 Å². The molecule has 5 aromatic carbocycles. The predicted octanol–water partition coefficient (Wildman–Crippen LogP) is 7.60. The van der Waals surface area contributed by atoms with Gasteiger partial charge in [0.25, 0.3) is 0 Å². The highest BCUT2D eigenvalue weighted by atomic mass is 15.4. The van der Waals surface area contributed by atoms with E-state index in [1.165, 1.54) is 28.3 Å². The van der Waals surface area contributed by atoms with E-state index in [2.05, 4.69) is 140 Å². The summed E-state index contributed by atoms with van der Waals surface area (Å²) in [7, 11) is 0. The minimum atomic E-state index is 0.185. The highest BCUT2D eigenvalue weighted by molar-refractivity contribution is 6.07. The van der Waals surface area contributed by atoms with Crippen LogP contribution in [0.4, 0.5) is 22.7 Å². The average Bonchev–Trinajstić information content (AvgIpc) is 3.70. The molecular formula is C33H23N5. The van der Waals surface area contributed by atoms with E-state index in [1.807, 2.05) is 0 Å². The number of aromatic nitrogens is 3. The second-order valence-corrected chi connectivity index (χ2v) is 10.1. The van der Waals surface area contributed by atoms with Crippen LogP contribution in [0.25, 0.3) is 33.5 Å². The Morgan fingerprint density at radius 2 is 1.24 bits per heavy atom. The molecule has 2 aliphatic heterocycles. The lowest BCUT2D eigenvalue weighted by atomic mass is 10.1. The number of hydrogen-bond donors (Lipinski definition) is 0. The van der Waals surface area contributed by atoms with Crippen LogP contribution in [0, 0.1) is 0 Å². The summed E-state index contributed by atoms with van der Waals surface area (Å²) in [6, 6.07) is 43.2. The Hall–Kier alpha value is -5.03. The lowest BCUT2D eigenvalue weighted by molar-refractivity contribution is 0.730. The van der Waals surface area contributed by atoms with Gasteiger partial charge < -0.3 is 9.80 Å². The van der Waals surface area contributed by atoms with Crippen molar-refractivity contribution in [3.63, 3.8) is 0 Å². The van der Waals surface area contributed by atoms with Crippen molar-refractivity contribution in [1.82, 2.24) is 14.0 Å². The molecule has 0 saturated carbocycles. The summed E-state index contributed by atoms with van der Waals surface area (Å²) in [5, 5.41) is 0. The summed E-state index contributed by atoms with van der Waals surface area (Å²) in [5.74, 6) is 0.932. The molecule has 2 aliphatic rings. The quantitative estimate of drug-likeness (QED) is 0.250. The van der Waals surface area contributed by atoms with E-state index in [-0.39, 0.29) is 6.17 Å². The first-order chi connectivity index (χ1) is 18.9. The van der Waals surface area contributed by atoms with Crippen molar-refractivity contribution in [3.05, 3.63) is 127 Å². The molecule has 0 amide bonds. The number of nitrogens with zero attached hydrogens (tertiary/aromatic N) is 5. The second kappa shape index (κ2) is 7.26. The van der Waals surface area contributed by atoms with E-state index in [4.69, 9.17) is 4.98 Å². The lowest BCUT2D eigenvalue weighted by Gasteiger charge is -2.27. The van der Waals surface area contributed by atoms with Gasteiger partial charge in [0.2, 0.25) is 5.78 Å². The summed E-state index contributed by atoms with van der Waals surface area (Å²) in [4.78, 5) is 10.4. The first kappa shape index (κ1) is 20.1. The van der Waals surface area contributed by atoms with Crippen LogP contribution in [0.5, 0.6) is 0 Å². The molecule has 0 fully saturated rings. The zero-order valence-electron chi connectivity index (χ0n) is 20.6. The minimum absolute atomic E-state index is 0.185. The molecule has 4 heterocycles. The van der Waals surface area contributed by atoms with Gasteiger partial charge in [0.05, 0.1) is 27.9 Å². The molecule has 38 heavy (non-hydrogen) atoms. The number of anilines is 4. The van der Waals surface area contributed by atoms with Gasteiger partial charge in [0.15, 0.2) is 0 Å². The summed E-state index contributed by atoms with van der Waals surface area (Å²) in [5.41, 5.74) is 11.8. The molecule has 1 unspecified atom stereocenters. The zero-order chi connectivity index (χ0) is 24.8. The molecule has 0 aliphatic carbocycles. The maximum atomic E-state index is 5.42. The Morgan fingerprint density at radius 1 is 0.553 bits per heavy atom. The van der Waals surface area contributed by atoms with Gasteiger partial charge in [0, 0.05) is 23.5 Å². The molecule has 5 nitrogen and oxygen atoms in total. The minimum Gasteiger partial charge on any atom is -0.318 e. The van der Waals surface area contributed by atoms with E-state index in [9.17, 15) is 0 Å². The molecule has 0 N–H and O–H groups in total. The normalized spacial score (nSPS) is 15.9. The molecule has 0 bridgehead atoms. The van der Waals surface area contributed by atoms with E-state index >= 15 is 0 Å². The van der Waals surface area contributed by atoms with Crippen LogP contribution in [-0.2, 0) is 6.42 Å². The molecule has 2 aromatic heterocycles. The van der Waals surface area contributed by atoms with Crippen molar-refractivity contribution in [2.24, 2.45) is 0 Å². The van der Waals surface area contributed by atoms with Crippen LogP contribution in [0.15, 0.2) is 121 Å². The van der Waals surface area contributed by atoms with Gasteiger partial charge in [-0.2, -0.15) is 0 Å². The molecular weight excluding hydrogens is 466 g/mol. The molecule has 1 atom stereocenters. The standard InChI is InChI=1S/C33H23N5/c1-3-12-23(13-4-1)35-26-17-9-10-18-27(26)38-28-19-20-29-32(31(28)34-33(35)38)36(24-14-5-2-6-15-24)30-21-22-11-7-8-16-25(22)37(29)30/h1-20,30H,21H2. The fourth-order valence-corrected chi connectivity index (χ4v) is 6.61. The molecule has 0 saturated heterocycles. The van der Waals surface area contributed by atoms with Crippen LogP contribution >= 0.6 is 0 Å². The average molecular weight is 490 g/mol. The van der Waals surface area contributed by atoms with Gasteiger partial charge in [-0.3, -0.25) is 8.97 Å². The Morgan fingerprint density at radius 3 is 2.05 bits per heavy atom. The Labute approximate surface area is 219 Å². The van der Waals surface area contributed by atoms with Gasteiger partial charge >= 0.3 is 0 Å². The number of rotatable bonds is 2. The highest BCUT2D eigenvalue weighted by Gasteiger charge is 2.44. The predicted molar refractivity (Wildman–Crippen MR) is 154 cm³/mol. The monoisotopic (exact) mass is 489 g/mol. The van der Waals surface area contributed by atoms with Gasteiger partial charge in [-0.15, -0.1) is 0 Å². The zero-order valence-corrected chi connectivity index (χ0v) is 20.6. The summed E-state index contributed by atoms with van der Waals surface area (Å²) in [6.45, 7) is 0. The second-order valence-electron chi connectivity index (χ2n) is 10.1. The van der Waals surface area contributed by atoms with E-state index in [1.54, 1.807) is 0 Å². The van der Waals surface area contributed by atoms with Crippen LogP contribution in [-0.4, -0.2) is 20.1 Å². The van der Waals surface area contributed by atoms with Crippen LogP contribution in [0.2, 0.25) is 0 Å². The number of imidazole rings is 2. The smallest absolute Gasteiger partial charge is 0.220 e. The largest absolute Gasteiger partial charge is 0.318 e. The van der Waals surface area contributed by atoms with Crippen molar-refractivity contribution in [2.45, 2.75) is 12.6 Å².